The first-order valence-electron chi connectivity index (χ1n) is 9.40. The lowest BCUT2D eigenvalue weighted by molar-refractivity contribution is -0.115. The average molecular weight is 396 g/mol. The first kappa shape index (κ1) is 20.1. The summed E-state index contributed by atoms with van der Waals surface area (Å²) in [6.07, 6.45) is 2.64. The van der Waals surface area contributed by atoms with Gasteiger partial charge in [0.1, 0.15) is 5.82 Å². The number of nitrogens with one attached hydrogen (secondary N) is 1. The molecule has 0 saturated carbocycles. The van der Waals surface area contributed by atoms with E-state index < -0.39 is 0 Å². The van der Waals surface area contributed by atoms with E-state index in [1.165, 1.54) is 11.8 Å². The molecule has 146 valence electrons. The van der Waals surface area contributed by atoms with Crippen molar-refractivity contribution >= 4 is 23.5 Å². The van der Waals surface area contributed by atoms with Crippen molar-refractivity contribution in [3.63, 3.8) is 0 Å². The fraction of sp³-hybridized carbons (Fsp3) is 0.333. The van der Waals surface area contributed by atoms with Gasteiger partial charge in [0.15, 0.2) is 5.16 Å². The molecule has 2 aromatic heterocycles. The topological polar surface area (TPSA) is 72.7 Å². The maximum absolute atomic E-state index is 12.7. The van der Waals surface area contributed by atoms with Crippen molar-refractivity contribution in [1.82, 2.24) is 19.7 Å². The highest BCUT2D eigenvalue weighted by atomic mass is 32.2. The number of rotatable bonds is 7. The number of hydrogen-bond acceptors (Lipinski definition) is 5. The van der Waals surface area contributed by atoms with Crippen molar-refractivity contribution in [2.45, 2.75) is 50.6 Å². The van der Waals surface area contributed by atoms with E-state index in [9.17, 15) is 4.79 Å². The summed E-state index contributed by atoms with van der Waals surface area (Å²) in [4.78, 5) is 21.8. The van der Waals surface area contributed by atoms with E-state index in [1.54, 1.807) is 6.20 Å². The number of nitrogens with zero attached hydrogens (tertiary/aromatic N) is 4. The van der Waals surface area contributed by atoms with Gasteiger partial charge >= 0.3 is 0 Å². The number of amides is 1. The minimum atomic E-state index is -0.342. The number of anilines is 1. The zero-order valence-corrected chi connectivity index (χ0v) is 17.4. The largest absolute Gasteiger partial charge is 0.310 e. The summed E-state index contributed by atoms with van der Waals surface area (Å²) in [5, 5.41) is 7.53. The second kappa shape index (κ2) is 9.01. The van der Waals surface area contributed by atoms with Crippen molar-refractivity contribution < 1.29 is 4.79 Å². The van der Waals surface area contributed by atoms with E-state index in [1.807, 2.05) is 61.0 Å². The van der Waals surface area contributed by atoms with Crippen LogP contribution in [0.1, 0.15) is 38.9 Å². The molecule has 0 unspecified atom stereocenters. The van der Waals surface area contributed by atoms with E-state index >= 15 is 0 Å². The Kier molecular flexibility index (Phi) is 6.46. The molecule has 0 radical (unpaired) electrons. The fourth-order valence-electron chi connectivity index (χ4n) is 2.73. The molecule has 6 nitrogen and oxygen atoms in total. The monoisotopic (exact) mass is 395 g/mol. The van der Waals surface area contributed by atoms with Crippen LogP contribution < -0.4 is 5.32 Å². The van der Waals surface area contributed by atoms with Crippen LogP contribution in [0.3, 0.4) is 0 Å². The molecule has 1 N–H and O–H groups in total. The smallest absolute Gasteiger partial charge is 0.238 e. The van der Waals surface area contributed by atoms with E-state index in [0.717, 1.165) is 23.4 Å². The maximum Gasteiger partial charge on any atom is 0.238 e. The second-order valence-corrected chi connectivity index (χ2v) is 8.02. The van der Waals surface area contributed by atoms with E-state index in [0.29, 0.717) is 11.0 Å². The van der Waals surface area contributed by atoms with Gasteiger partial charge in [-0.3, -0.25) is 4.79 Å². The van der Waals surface area contributed by atoms with Gasteiger partial charge in [0.25, 0.3) is 0 Å². The van der Waals surface area contributed by atoms with Crippen molar-refractivity contribution in [3.05, 3.63) is 54.4 Å². The summed E-state index contributed by atoms with van der Waals surface area (Å²) >= 11 is 1.35. The molecule has 3 rings (SSSR count). The van der Waals surface area contributed by atoms with E-state index in [4.69, 9.17) is 0 Å². The van der Waals surface area contributed by atoms with Gasteiger partial charge in [0.2, 0.25) is 5.91 Å². The minimum Gasteiger partial charge on any atom is -0.310 e. The fourth-order valence-corrected chi connectivity index (χ4v) is 3.56. The van der Waals surface area contributed by atoms with Crippen LogP contribution in [0.15, 0.2) is 53.8 Å². The second-order valence-electron chi connectivity index (χ2n) is 6.71. The molecule has 0 saturated heterocycles. The molecular weight excluding hydrogens is 370 g/mol. The number of hydrogen-bond donors (Lipinski definition) is 1. The molecule has 1 amide bonds. The Balaban J connectivity index is 1.72. The predicted octanol–water partition coefficient (Wildman–Crippen LogP) is 4.74. The number of aryl methyl sites for hydroxylation is 1. The molecule has 1 aromatic carbocycles. The maximum atomic E-state index is 12.7. The molecule has 0 spiro atoms. The third kappa shape index (κ3) is 4.78. The lowest BCUT2D eigenvalue weighted by atomic mass is 10.1. The Morgan fingerprint density at radius 2 is 1.93 bits per heavy atom. The Morgan fingerprint density at radius 3 is 2.64 bits per heavy atom. The highest BCUT2D eigenvalue weighted by Crippen LogP contribution is 2.25. The molecule has 3 aromatic rings. The van der Waals surface area contributed by atoms with Crippen LogP contribution in [0, 0.1) is 6.92 Å². The number of carbonyl (C=O) groups is 1. The highest BCUT2D eigenvalue weighted by Gasteiger charge is 2.19. The first-order chi connectivity index (χ1) is 13.5. The predicted molar refractivity (Wildman–Crippen MR) is 113 cm³/mol. The van der Waals surface area contributed by atoms with Crippen LogP contribution in [0.2, 0.25) is 0 Å². The molecular formula is C21H25N5OS. The number of aromatic nitrogens is 4. The van der Waals surface area contributed by atoms with E-state index in [-0.39, 0.29) is 17.2 Å². The van der Waals surface area contributed by atoms with Gasteiger partial charge < -0.3 is 5.32 Å². The van der Waals surface area contributed by atoms with Gasteiger partial charge in [-0.1, -0.05) is 49.0 Å². The SMILES string of the molecule is CC[C@@H](C)n1nccc1NC(=O)[C@@H](C)Sc1nc(C)cc(-c2ccccc2)n1. The van der Waals surface area contributed by atoms with Gasteiger partial charge in [0.05, 0.1) is 23.2 Å². The minimum absolute atomic E-state index is 0.0959. The van der Waals surface area contributed by atoms with Crippen molar-refractivity contribution in [1.29, 1.82) is 0 Å². The highest BCUT2D eigenvalue weighted by molar-refractivity contribution is 8.00. The van der Waals surface area contributed by atoms with Gasteiger partial charge in [-0.15, -0.1) is 0 Å². The molecule has 0 aliphatic carbocycles. The van der Waals surface area contributed by atoms with Gasteiger partial charge in [-0.2, -0.15) is 5.10 Å². The van der Waals surface area contributed by atoms with Crippen LogP contribution in [0.4, 0.5) is 5.82 Å². The quantitative estimate of drug-likeness (QED) is 0.462. The van der Waals surface area contributed by atoms with E-state index in [2.05, 4.69) is 34.2 Å². The van der Waals surface area contributed by atoms with Crippen molar-refractivity contribution in [3.8, 4) is 11.3 Å². The van der Waals surface area contributed by atoms with Gasteiger partial charge in [-0.25, -0.2) is 14.6 Å². The van der Waals surface area contributed by atoms with Gasteiger partial charge in [-0.05, 0) is 33.3 Å². The van der Waals surface area contributed by atoms with Crippen LogP contribution in [0.25, 0.3) is 11.3 Å². The molecule has 7 heteroatoms. The number of thioether (sulfide) groups is 1. The summed E-state index contributed by atoms with van der Waals surface area (Å²) in [6, 6.07) is 14.0. The zero-order chi connectivity index (χ0) is 20.1. The Labute approximate surface area is 169 Å². The molecule has 28 heavy (non-hydrogen) atoms. The Bertz CT molecular complexity index is 941. The first-order valence-corrected chi connectivity index (χ1v) is 10.3. The summed E-state index contributed by atoms with van der Waals surface area (Å²) in [6.45, 7) is 7.97. The lowest BCUT2D eigenvalue weighted by Crippen LogP contribution is -2.25. The lowest BCUT2D eigenvalue weighted by Gasteiger charge is -2.16. The normalized spacial score (nSPS) is 13.1. The van der Waals surface area contributed by atoms with Crippen molar-refractivity contribution in [2.75, 3.05) is 5.32 Å². The third-order valence-electron chi connectivity index (χ3n) is 4.48. The van der Waals surface area contributed by atoms with Crippen LogP contribution in [0.5, 0.6) is 0 Å². The number of benzene rings is 1. The van der Waals surface area contributed by atoms with Crippen molar-refractivity contribution in [2.24, 2.45) is 0 Å². The van der Waals surface area contributed by atoms with Crippen LogP contribution in [-0.2, 0) is 4.79 Å². The third-order valence-corrected chi connectivity index (χ3v) is 5.45. The number of carbonyl (C=O) groups excluding carboxylic acids is 1. The average Bonchev–Trinajstić information content (AvgIpc) is 3.15. The van der Waals surface area contributed by atoms with Crippen LogP contribution in [-0.4, -0.2) is 30.9 Å². The zero-order valence-electron chi connectivity index (χ0n) is 16.6. The Morgan fingerprint density at radius 1 is 1.18 bits per heavy atom. The summed E-state index contributed by atoms with van der Waals surface area (Å²) in [5.41, 5.74) is 2.77. The molecule has 0 aliphatic rings. The van der Waals surface area contributed by atoms with Gasteiger partial charge in [0, 0.05) is 17.3 Å². The molecule has 0 fully saturated rings. The summed E-state index contributed by atoms with van der Waals surface area (Å²) < 4.78 is 1.84. The Hall–Kier alpha value is -2.67. The summed E-state index contributed by atoms with van der Waals surface area (Å²) in [7, 11) is 0. The van der Waals surface area contributed by atoms with Crippen LogP contribution >= 0.6 is 11.8 Å². The molecule has 0 aliphatic heterocycles. The molecule has 2 atom stereocenters. The molecule has 0 bridgehead atoms. The molecule has 2 heterocycles. The standard InChI is InChI=1S/C21H25N5OS/c1-5-15(3)26-19(11-12-22-26)25-20(27)16(4)28-21-23-14(2)13-18(24-21)17-9-7-6-8-10-17/h6-13,15-16H,5H2,1-4H3,(H,25,27)/t15-,16-/m1/s1. The summed E-state index contributed by atoms with van der Waals surface area (Å²) in [5.74, 6) is 0.614.